The molecule has 1 aliphatic carbocycles. The molecule has 2 aromatic heterocycles. The van der Waals surface area contributed by atoms with E-state index in [1.807, 2.05) is 31.2 Å². The van der Waals surface area contributed by atoms with Gasteiger partial charge in [0.1, 0.15) is 5.75 Å². The van der Waals surface area contributed by atoms with E-state index in [0.717, 1.165) is 60.3 Å². The number of rotatable bonds is 11. The second-order valence-electron chi connectivity index (χ2n) is 10.4. The number of hydrogen-bond acceptors (Lipinski definition) is 6. The lowest BCUT2D eigenvalue weighted by atomic mass is 10.1. The van der Waals surface area contributed by atoms with Gasteiger partial charge < -0.3 is 9.72 Å². The molecule has 8 heteroatoms. The fourth-order valence-electron chi connectivity index (χ4n) is 5.74. The van der Waals surface area contributed by atoms with Crippen LogP contribution in [-0.2, 0) is 13.0 Å². The molecule has 200 valence electrons. The molecule has 0 spiro atoms. The highest BCUT2D eigenvalue weighted by molar-refractivity contribution is 5.80. The maximum absolute atomic E-state index is 13.2. The molecule has 38 heavy (non-hydrogen) atoms. The molecule has 1 atom stereocenters. The number of aromatic nitrogens is 5. The van der Waals surface area contributed by atoms with Gasteiger partial charge in [0, 0.05) is 29.6 Å². The van der Waals surface area contributed by atoms with Crippen molar-refractivity contribution in [1.82, 2.24) is 30.1 Å². The van der Waals surface area contributed by atoms with Crippen molar-refractivity contribution in [3.63, 3.8) is 0 Å². The molecular weight excluding hydrogens is 476 g/mol. The molecule has 1 saturated carbocycles. The van der Waals surface area contributed by atoms with Crippen LogP contribution < -0.4 is 10.3 Å². The van der Waals surface area contributed by atoms with Crippen molar-refractivity contribution in [3.05, 3.63) is 81.4 Å². The molecule has 2 aromatic carbocycles. The third kappa shape index (κ3) is 5.80. The Balaban J connectivity index is 1.49. The molecule has 1 fully saturated rings. The van der Waals surface area contributed by atoms with E-state index in [1.165, 1.54) is 24.0 Å². The quantitative estimate of drug-likeness (QED) is 0.283. The van der Waals surface area contributed by atoms with E-state index >= 15 is 0 Å². The van der Waals surface area contributed by atoms with Crippen LogP contribution in [0.4, 0.5) is 0 Å². The van der Waals surface area contributed by atoms with Crippen molar-refractivity contribution in [2.45, 2.75) is 77.9 Å². The highest BCUT2D eigenvalue weighted by Gasteiger charge is 2.29. The Morgan fingerprint density at radius 3 is 2.74 bits per heavy atom. The number of tetrazole rings is 1. The van der Waals surface area contributed by atoms with Gasteiger partial charge in [0.15, 0.2) is 5.82 Å². The molecular formula is C30H38N6O2. The smallest absolute Gasteiger partial charge is 0.252 e. The molecule has 1 aliphatic rings. The molecule has 0 aliphatic heterocycles. The number of pyridine rings is 1. The predicted octanol–water partition coefficient (Wildman–Crippen LogP) is 5.53. The summed E-state index contributed by atoms with van der Waals surface area (Å²) in [4.78, 5) is 18.7. The number of fused-ring (bicyclic) bond motifs is 1. The average molecular weight is 515 g/mol. The summed E-state index contributed by atoms with van der Waals surface area (Å²) in [6.45, 7) is 8.16. The number of benzene rings is 2. The number of nitrogens with zero attached hydrogens (tertiary/aromatic N) is 5. The summed E-state index contributed by atoms with van der Waals surface area (Å²) in [5.41, 5.74) is 4.02. The van der Waals surface area contributed by atoms with Crippen LogP contribution in [0.25, 0.3) is 10.9 Å². The van der Waals surface area contributed by atoms with E-state index in [2.05, 4.69) is 68.2 Å². The van der Waals surface area contributed by atoms with Crippen molar-refractivity contribution >= 4 is 10.9 Å². The van der Waals surface area contributed by atoms with Gasteiger partial charge in [-0.1, -0.05) is 49.6 Å². The van der Waals surface area contributed by atoms with Gasteiger partial charge in [0.2, 0.25) is 0 Å². The van der Waals surface area contributed by atoms with Gasteiger partial charge in [-0.3, -0.25) is 9.69 Å². The molecule has 4 aromatic rings. The minimum absolute atomic E-state index is 0.000246. The number of aryl methyl sites for hydroxylation is 1. The first-order chi connectivity index (χ1) is 18.6. The van der Waals surface area contributed by atoms with Crippen LogP contribution in [0.5, 0.6) is 5.75 Å². The maximum atomic E-state index is 13.2. The summed E-state index contributed by atoms with van der Waals surface area (Å²) in [7, 11) is 0. The molecule has 0 saturated heterocycles. The van der Waals surface area contributed by atoms with Crippen LogP contribution in [0.3, 0.4) is 0 Å². The topological polar surface area (TPSA) is 88.9 Å². The van der Waals surface area contributed by atoms with Crippen molar-refractivity contribution in [1.29, 1.82) is 0 Å². The van der Waals surface area contributed by atoms with Crippen molar-refractivity contribution in [3.8, 4) is 5.75 Å². The van der Waals surface area contributed by atoms with Crippen LogP contribution in [-0.4, -0.2) is 43.2 Å². The monoisotopic (exact) mass is 514 g/mol. The third-order valence-corrected chi connectivity index (χ3v) is 7.66. The highest BCUT2D eigenvalue weighted by atomic mass is 16.5. The van der Waals surface area contributed by atoms with Gasteiger partial charge in [-0.25, -0.2) is 4.68 Å². The molecule has 2 heterocycles. The van der Waals surface area contributed by atoms with E-state index in [4.69, 9.17) is 4.74 Å². The van der Waals surface area contributed by atoms with Crippen molar-refractivity contribution in [2.75, 3.05) is 13.2 Å². The molecule has 1 N–H and O–H groups in total. The largest absolute Gasteiger partial charge is 0.494 e. The number of nitrogens with one attached hydrogen (secondary N) is 1. The highest BCUT2D eigenvalue weighted by Crippen LogP contribution is 2.33. The van der Waals surface area contributed by atoms with Crippen LogP contribution in [0.1, 0.15) is 80.6 Å². The van der Waals surface area contributed by atoms with Gasteiger partial charge in [0.25, 0.3) is 5.56 Å². The minimum Gasteiger partial charge on any atom is -0.494 e. The molecule has 0 unspecified atom stereocenters. The lowest BCUT2D eigenvalue weighted by Crippen LogP contribution is -2.34. The van der Waals surface area contributed by atoms with Crippen molar-refractivity contribution in [2.24, 2.45) is 0 Å². The van der Waals surface area contributed by atoms with E-state index in [0.29, 0.717) is 19.2 Å². The maximum Gasteiger partial charge on any atom is 0.252 e. The number of ether oxygens (including phenoxy) is 1. The van der Waals surface area contributed by atoms with Crippen molar-refractivity contribution < 1.29 is 4.74 Å². The number of aromatic amines is 1. The second-order valence-corrected chi connectivity index (χ2v) is 10.4. The van der Waals surface area contributed by atoms with E-state index in [-0.39, 0.29) is 11.6 Å². The Kier molecular flexibility index (Phi) is 8.17. The average Bonchev–Trinajstić information content (AvgIpc) is 3.61. The zero-order valence-electron chi connectivity index (χ0n) is 22.7. The number of hydrogen-bond donors (Lipinski definition) is 1. The lowest BCUT2D eigenvalue weighted by Gasteiger charge is -2.31. The first-order valence-corrected chi connectivity index (χ1v) is 13.9. The summed E-state index contributed by atoms with van der Waals surface area (Å²) in [5.74, 6) is 1.70. The Labute approximate surface area is 224 Å². The van der Waals surface area contributed by atoms with Gasteiger partial charge in [-0.2, -0.15) is 0 Å². The minimum atomic E-state index is -0.0625. The first-order valence-electron chi connectivity index (χ1n) is 13.9. The molecule has 8 nitrogen and oxygen atoms in total. The Bertz CT molecular complexity index is 1420. The van der Waals surface area contributed by atoms with Crippen LogP contribution in [0, 0.1) is 6.92 Å². The summed E-state index contributed by atoms with van der Waals surface area (Å²) in [6.07, 6.45) is 6.39. The fraction of sp³-hybridized carbons (Fsp3) is 0.467. The van der Waals surface area contributed by atoms with E-state index in [1.54, 1.807) is 0 Å². The van der Waals surface area contributed by atoms with E-state index < -0.39 is 0 Å². The summed E-state index contributed by atoms with van der Waals surface area (Å²) in [5, 5.41) is 14.0. The Morgan fingerprint density at radius 1 is 1.13 bits per heavy atom. The Hall–Kier alpha value is -3.52. The summed E-state index contributed by atoms with van der Waals surface area (Å²) in [6, 6.07) is 16.8. The van der Waals surface area contributed by atoms with Crippen LogP contribution >= 0.6 is 0 Å². The Morgan fingerprint density at radius 2 is 1.97 bits per heavy atom. The second kappa shape index (κ2) is 11.9. The summed E-state index contributed by atoms with van der Waals surface area (Å²) < 4.78 is 7.76. The molecule has 0 amide bonds. The van der Waals surface area contributed by atoms with Gasteiger partial charge in [-0.05, 0) is 79.8 Å². The SMILES string of the molecule is CCOc1ccc2[nH]c(=O)c(CN(CCc3cccc(C)c3)[C@H](CC)c3nnnn3C3CCCC3)cc2c1. The zero-order chi connectivity index (χ0) is 26.5. The molecule has 5 rings (SSSR count). The normalized spacial score (nSPS) is 14.9. The van der Waals surface area contributed by atoms with Crippen LogP contribution in [0.2, 0.25) is 0 Å². The summed E-state index contributed by atoms with van der Waals surface area (Å²) >= 11 is 0. The number of H-pyrrole nitrogens is 1. The van der Waals surface area contributed by atoms with Crippen LogP contribution in [0.15, 0.2) is 53.3 Å². The predicted molar refractivity (Wildman–Crippen MR) is 149 cm³/mol. The van der Waals surface area contributed by atoms with E-state index in [9.17, 15) is 4.79 Å². The molecule has 0 radical (unpaired) electrons. The van der Waals surface area contributed by atoms with Gasteiger partial charge >= 0.3 is 0 Å². The van der Waals surface area contributed by atoms with Gasteiger partial charge in [0.05, 0.1) is 18.7 Å². The first kappa shape index (κ1) is 26.1. The zero-order valence-corrected chi connectivity index (χ0v) is 22.7. The fourth-order valence-corrected chi connectivity index (χ4v) is 5.74. The third-order valence-electron chi connectivity index (χ3n) is 7.66. The van der Waals surface area contributed by atoms with Gasteiger partial charge in [-0.15, -0.1) is 5.10 Å². The molecule has 0 bridgehead atoms. The standard InChI is InChI=1S/C30H38N6O2/c1-4-28(29-32-33-34-36(29)25-11-6-7-12-25)35(16-15-22-10-8-9-21(3)17-22)20-24-18-23-19-26(38-5-2)13-14-27(23)31-30(24)37/h8-10,13-14,17-19,25,28H,4-7,11-12,15-16,20H2,1-3H3,(H,31,37)/t28-/m1/s1. The lowest BCUT2D eigenvalue weighted by molar-refractivity contribution is 0.169.